The van der Waals surface area contributed by atoms with Crippen LogP contribution in [-0.4, -0.2) is 95.9 Å². The van der Waals surface area contributed by atoms with E-state index < -0.39 is 91.5 Å². The molecule has 0 aliphatic carbocycles. The highest BCUT2D eigenvalue weighted by molar-refractivity contribution is 7.47. The van der Waals surface area contributed by atoms with Crippen LogP contribution in [0.5, 0.6) is 0 Å². The number of allylic oxidation sites excluding steroid dienone is 20. The molecule has 0 aromatic heterocycles. The Kier molecular flexibility index (Phi) is 72.6. The molecular formula is C83H144O16P2. The lowest BCUT2D eigenvalue weighted by atomic mass is 10.0. The van der Waals surface area contributed by atoms with Gasteiger partial charge in [-0.15, -0.1) is 0 Å². The summed E-state index contributed by atoms with van der Waals surface area (Å²) in [6.45, 7) is 2.45. The Morgan fingerprint density at radius 3 is 0.832 bits per heavy atom. The Morgan fingerprint density at radius 1 is 0.287 bits per heavy atom. The van der Waals surface area contributed by atoms with Crippen molar-refractivity contribution in [3.05, 3.63) is 122 Å². The van der Waals surface area contributed by atoms with E-state index in [4.69, 9.17) is 32.3 Å². The van der Waals surface area contributed by atoms with E-state index in [0.717, 1.165) is 141 Å². The summed E-state index contributed by atoms with van der Waals surface area (Å²) in [4.78, 5) is 58.6. The van der Waals surface area contributed by atoms with Gasteiger partial charge in [0.25, 0.3) is 0 Å². The van der Waals surface area contributed by atoms with Crippen molar-refractivity contribution in [2.75, 3.05) is 39.6 Å². The molecule has 16 nitrogen and oxygen atoms in total. The number of rotatable bonds is 75. The standard InChI is InChI=1S/C83H144O16P2/c1-4-7-10-13-16-19-22-25-28-30-31-32-33-34-35-36-37-38-39-40-41-42-43-44-45-47-50-51-54-57-60-63-66-69-81(86)93-72-78(84)73-95-100(89,90)96-74-79(85)75-97-101(91,92)98-77-80(99-83(88)71-68-65-62-59-56-53-48-27-24-21-18-15-12-9-6-3)76-94-82(87)70-67-64-61-58-55-52-49-46-29-26-23-20-17-14-11-8-5-2/h7-8,10-11,16-17,19-20,25-26,28-29,31-32,34-35,37-38,49,52,78-80,84-85H,4-6,9,12-15,18,21-24,27,30,33,36,39-48,50-51,53-77H2,1-3H3,(H,89,90)(H,91,92)/b10-7-,11-8-,19-16-,20-17-,28-25-,29-26-,32-31-,35-34-,38-37-,52-49-. The quantitative estimate of drug-likeness (QED) is 0.0146. The number of hydrogen-bond acceptors (Lipinski definition) is 14. The third kappa shape index (κ3) is 76.9. The average Bonchev–Trinajstić information content (AvgIpc) is 1.12. The second-order valence-corrected chi connectivity index (χ2v) is 29.4. The van der Waals surface area contributed by atoms with Crippen LogP contribution in [0.15, 0.2) is 122 Å². The van der Waals surface area contributed by atoms with Gasteiger partial charge in [-0.3, -0.25) is 32.5 Å². The molecule has 0 bridgehead atoms. The molecule has 101 heavy (non-hydrogen) atoms. The molecule has 0 aliphatic rings. The van der Waals surface area contributed by atoms with Gasteiger partial charge in [0.2, 0.25) is 0 Å². The lowest BCUT2D eigenvalue weighted by Gasteiger charge is -2.21. The number of esters is 3. The lowest BCUT2D eigenvalue weighted by molar-refractivity contribution is -0.161. The second kappa shape index (κ2) is 75.6. The van der Waals surface area contributed by atoms with E-state index in [1.165, 1.54) is 128 Å². The number of phosphoric ester groups is 2. The zero-order valence-electron chi connectivity index (χ0n) is 63.5. The Balaban J connectivity index is 4.44. The first-order chi connectivity index (χ1) is 49.2. The molecule has 5 atom stereocenters. The summed E-state index contributed by atoms with van der Waals surface area (Å²) in [5, 5.41) is 20.6. The summed E-state index contributed by atoms with van der Waals surface area (Å²) in [7, 11) is -9.79. The van der Waals surface area contributed by atoms with Crippen molar-refractivity contribution >= 4 is 33.6 Å². The van der Waals surface area contributed by atoms with Crippen molar-refractivity contribution in [2.24, 2.45) is 0 Å². The largest absolute Gasteiger partial charge is 0.472 e. The van der Waals surface area contributed by atoms with Crippen molar-refractivity contribution in [3.8, 4) is 0 Å². The third-order valence-corrected chi connectivity index (χ3v) is 18.6. The number of carbonyl (C=O) groups is 3. The van der Waals surface area contributed by atoms with Crippen LogP contribution >= 0.6 is 15.6 Å². The van der Waals surface area contributed by atoms with Gasteiger partial charge in [-0.25, -0.2) is 9.13 Å². The van der Waals surface area contributed by atoms with Crippen LogP contribution in [0, 0.1) is 0 Å². The van der Waals surface area contributed by atoms with Gasteiger partial charge in [0.15, 0.2) is 6.10 Å². The van der Waals surface area contributed by atoms with Crippen molar-refractivity contribution in [2.45, 2.75) is 347 Å². The SMILES string of the molecule is CC/C=C\C/C=C\C/C=C\C/C=C\C/C=C\C/C=C\CCCCCCCCCCCCCCCCC(=O)OCC(O)COP(=O)(O)OCC(O)COP(=O)(O)OCC(COC(=O)CCCCCC/C=C\C/C=C\C/C=C\C/C=C\CC)OC(=O)CCCCCCCCCCCCCCCCC. The molecule has 0 aliphatic heterocycles. The number of phosphoric acid groups is 2. The highest BCUT2D eigenvalue weighted by atomic mass is 31.2. The first-order valence-corrected chi connectivity index (χ1v) is 42.8. The molecule has 0 aromatic carbocycles. The van der Waals surface area contributed by atoms with Gasteiger partial charge in [-0.2, -0.15) is 0 Å². The number of aliphatic hydroxyl groups is 2. The number of aliphatic hydroxyl groups excluding tert-OH is 2. The number of hydrogen-bond donors (Lipinski definition) is 4. The summed E-state index contributed by atoms with van der Waals surface area (Å²) < 4.78 is 61.1. The monoisotopic (exact) mass is 1460 g/mol. The summed E-state index contributed by atoms with van der Waals surface area (Å²) >= 11 is 0. The molecule has 0 saturated heterocycles. The Bertz CT molecular complexity index is 2320. The molecule has 0 aromatic rings. The van der Waals surface area contributed by atoms with Gasteiger partial charge in [0.1, 0.15) is 25.4 Å². The van der Waals surface area contributed by atoms with Gasteiger partial charge in [0.05, 0.1) is 26.4 Å². The molecule has 0 heterocycles. The average molecular weight is 1460 g/mol. The van der Waals surface area contributed by atoms with Crippen LogP contribution in [0.4, 0.5) is 0 Å². The fourth-order valence-electron chi connectivity index (χ4n) is 10.7. The van der Waals surface area contributed by atoms with E-state index in [1.807, 2.05) is 0 Å². The number of unbranched alkanes of at least 4 members (excludes halogenated alkanes) is 32. The zero-order valence-corrected chi connectivity index (χ0v) is 65.3. The van der Waals surface area contributed by atoms with E-state index in [-0.39, 0.29) is 19.3 Å². The molecule has 582 valence electrons. The van der Waals surface area contributed by atoms with Crippen LogP contribution in [0.2, 0.25) is 0 Å². The van der Waals surface area contributed by atoms with Crippen LogP contribution in [0.1, 0.15) is 329 Å². The maximum atomic E-state index is 13.0. The van der Waals surface area contributed by atoms with Gasteiger partial charge in [-0.1, -0.05) is 322 Å². The normalized spacial score (nSPS) is 14.6. The Labute approximate surface area is 614 Å². The molecule has 0 saturated carbocycles. The molecular weight excluding hydrogens is 1310 g/mol. The summed E-state index contributed by atoms with van der Waals surface area (Å²) in [5.74, 6) is -1.59. The zero-order chi connectivity index (χ0) is 73.7. The molecule has 18 heteroatoms. The highest BCUT2D eigenvalue weighted by Crippen LogP contribution is 2.45. The summed E-state index contributed by atoms with van der Waals surface area (Å²) in [6.07, 6.45) is 89.7. The van der Waals surface area contributed by atoms with E-state index >= 15 is 0 Å². The lowest BCUT2D eigenvalue weighted by Crippen LogP contribution is -2.30. The van der Waals surface area contributed by atoms with E-state index in [9.17, 15) is 43.5 Å². The van der Waals surface area contributed by atoms with Crippen molar-refractivity contribution in [3.63, 3.8) is 0 Å². The van der Waals surface area contributed by atoms with Crippen LogP contribution < -0.4 is 0 Å². The number of ether oxygens (including phenoxy) is 3. The maximum absolute atomic E-state index is 13.0. The molecule has 0 fully saturated rings. The van der Waals surface area contributed by atoms with Crippen LogP contribution in [0.3, 0.4) is 0 Å². The minimum absolute atomic E-state index is 0.102. The van der Waals surface area contributed by atoms with E-state index in [2.05, 4.69) is 142 Å². The van der Waals surface area contributed by atoms with E-state index in [0.29, 0.717) is 19.3 Å². The third-order valence-electron chi connectivity index (χ3n) is 16.7. The van der Waals surface area contributed by atoms with Crippen molar-refractivity contribution in [1.29, 1.82) is 0 Å². The summed E-state index contributed by atoms with van der Waals surface area (Å²) in [6, 6.07) is 0. The Morgan fingerprint density at radius 2 is 0.525 bits per heavy atom. The minimum Gasteiger partial charge on any atom is -0.463 e. The van der Waals surface area contributed by atoms with Crippen molar-refractivity contribution in [1.82, 2.24) is 0 Å². The second-order valence-electron chi connectivity index (χ2n) is 26.5. The Hall–Kier alpha value is -4.05. The van der Waals surface area contributed by atoms with Gasteiger partial charge >= 0.3 is 33.6 Å². The molecule has 0 rings (SSSR count). The highest BCUT2D eigenvalue weighted by Gasteiger charge is 2.29. The fourth-order valence-corrected chi connectivity index (χ4v) is 12.3. The predicted octanol–water partition coefficient (Wildman–Crippen LogP) is 23.3. The van der Waals surface area contributed by atoms with Gasteiger partial charge in [-0.05, 0) is 109 Å². The fraction of sp³-hybridized carbons (Fsp3) is 0.723. The number of carbonyl (C=O) groups excluding carboxylic acids is 3. The molecule has 0 spiro atoms. The minimum atomic E-state index is -4.93. The van der Waals surface area contributed by atoms with Gasteiger partial charge in [0, 0.05) is 19.3 Å². The first-order valence-electron chi connectivity index (χ1n) is 39.8. The van der Waals surface area contributed by atoms with Crippen LogP contribution in [0.25, 0.3) is 0 Å². The summed E-state index contributed by atoms with van der Waals surface area (Å²) in [5.41, 5.74) is 0. The maximum Gasteiger partial charge on any atom is 0.472 e. The topological polar surface area (TPSA) is 231 Å². The first kappa shape index (κ1) is 97.0. The molecule has 5 unspecified atom stereocenters. The van der Waals surface area contributed by atoms with E-state index in [1.54, 1.807) is 0 Å². The van der Waals surface area contributed by atoms with Crippen LogP contribution in [-0.2, 0) is 55.8 Å². The molecule has 4 N–H and O–H groups in total. The van der Waals surface area contributed by atoms with Gasteiger partial charge < -0.3 is 34.2 Å². The molecule has 0 amide bonds. The molecule has 0 radical (unpaired) electrons. The van der Waals surface area contributed by atoms with Crippen molar-refractivity contribution < 1.29 is 75.8 Å². The predicted molar refractivity (Wildman–Crippen MR) is 417 cm³/mol. The smallest absolute Gasteiger partial charge is 0.463 e.